The fraction of sp³-hybridized carbons (Fsp3) is 0.222. The molecule has 4 aromatic rings. The Bertz CT molecular complexity index is 1380. The molecule has 3 heterocycles. The number of hydrogen-bond donors (Lipinski definition) is 1. The summed E-state index contributed by atoms with van der Waals surface area (Å²) in [5.74, 6) is 0.0666. The largest absolute Gasteiger partial charge is 0.497 e. The van der Waals surface area contributed by atoms with Crippen LogP contribution in [0.4, 0.5) is 5.69 Å². The molecular formula is C27H26N4O3S. The van der Waals surface area contributed by atoms with Crippen LogP contribution in [0.1, 0.15) is 28.5 Å². The van der Waals surface area contributed by atoms with Crippen LogP contribution in [-0.2, 0) is 17.9 Å². The molecule has 8 heteroatoms. The van der Waals surface area contributed by atoms with Crippen molar-refractivity contribution in [3.05, 3.63) is 88.9 Å². The van der Waals surface area contributed by atoms with Crippen molar-refractivity contribution in [3.63, 3.8) is 0 Å². The second-order valence-electron chi connectivity index (χ2n) is 8.83. The Balaban J connectivity index is 1.53. The number of carbonyl (C=O) groups is 2. The molecule has 0 bridgehead atoms. The molecule has 1 atom stereocenters. The maximum Gasteiger partial charge on any atom is 0.277 e. The minimum atomic E-state index is -1.21. The first-order valence-electron chi connectivity index (χ1n) is 11.3. The fourth-order valence-electron chi connectivity index (χ4n) is 4.36. The summed E-state index contributed by atoms with van der Waals surface area (Å²) >= 11 is 1.56. The van der Waals surface area contributed by atoms with Crippen LogP contribution in [0.2, 0.25) is 0 Å². The van der Waals surface area contributed by atoms with Crippen LogP contribution in [-0.4, -0.2) is 34.2 Å². The van der Waals surface area contributed by atoms with Gasteiger partial charge in [0.1, 0.15) is 22.7 Å². The van der Waals surface area contributed by atoms with Crippen molar-refractivity contribution in [3.8, 4) is 16.3 Å². The van der Waals surface area contributed by atoms with Crippen molar-refractivity contribution >= 4 is 28.8 Å². The molecule has 0 saturated carbocycles. The molecule has 0 saturated heterocycles. The van der Waals surface area contributed by atoms with Crippen molar-refractivity contribution in [2.45, 2.75) is 32.5 Å². The minimum absolute atomic E-state index is 0.219. The smallest absolute Gasteiger partial charge is 0.277 e. The number of anilines is 1. The predicted octanol–water partition coefficient (Wildman–Crippen LogP) is 4.66. The molecule has 2 aromatic heterocycles. The van der Waals surface area contributed by atoms with Gasteiger partial charge in [-0.05, 0) is 49.1 Å². The van der Waals surface area contributed by atoms with Crippen LogP contribution in [0, 0.1) is 6.92 Å². The number of carbonyl (C=O) groups excluding carboxylic acids is 2. The SMILES string of the molecule is COc1cccc(N2C(=O)c3cc(-c4cccs4)nn3C[C@]2(C)C(=O)NCc2ccc(C)cc2)c1. The van der Waals surface area contributed by atoms with Gasteiger partial charge in [0.05, 0.1) is 18.5 Å². The Hall–Kier alpha value is -3.91. The number of amides is 2. The number of ether oxygens (including phenoxy) is 1. The number of rotatable bonds is 6. The summed E-state index contributed by atoms with van der Waals surface area (Å²) < 4.78 is 7.04. The molecule has 7 nitrogen and oxygen atoms in total. The molecule has 35 heavy (non-hydrogen) atoms. The van der Waals surface area contributed by atoms with Gasteiger partial charge in [0, 0.05) is 18.3 Å². The Morgan fingerprint density at radius 2 is 1.94 bits per heavy atom. The molecule has 1 aliphatic heterocycles. The Morgan fingerprint density at radius 1 is 1.14 bits per heavy atom. The number of hydrogen-bond acceptors (Lipinski definition) is 5. The van der Waals surface area contributed by atoms with Gasteiger partial charge in [0.15, 0.2) is 0 Å². The highest BCUT2D eigenvalue weighted by molar-refractivity contribution is 7.13. The molecule has 5 rings (SSSR count). The number of fused-ring (bicyclic) bond motifs is 1. The third kappa shape index (κ3) is 4.21. The normalized spacial score (nSPS) is 17.2. The Kier molecular flexibility index (Phi) is 5.90. The van der Waals surface area contributed by atoms with Crippen LogP contribution in [0.15, 0.2) is 72.1 Å². The number of nitrogens with zero attached hydrogens (tertiary/aromatic N) is 3. The highest BCUT2D eigenvalue weighted by Gasteiger charge is 2.49. The zero-order valence-corrected chi connectivity index (χ0v) is 20.6. The molecule has 0 unspecified atom stereocenters. The molecular weight excluding hydrogens is 460 g/mol. The first kappa shape index (κ1) is 22.9. The number of nitrogens with one attached hydrogen (secondary N) is 1. The third-order valence-electron chi connectivity index (χ3n) is 6.30. The second-order valence-corrected chi connectivity index (χ2v) is 9.78. The van der Waals surface area contributed by atoms with Crippen molar-refractivity contribution in [2.24, 2.45) is 0 Å². The van der Waals surface area contributed by atoms with Crippen molar-refractivity contribution in [2.75, 3.05) is 12.0 Å². The summed E-state index contributed by atoms with van der Waals surface area (Å²) in [4.78, 5) is 30.1. The van der Waals surface area contributed by atoms with E-state index in [4.69, 9.17) is 4.74 Å². The average molecular weight is 487 g/mol. The number of methoxy groups -OCH3 is 1. The quantitative estimate of drug-likeness (QED) is 0.430. The van der Waals surface area contributed by atoms with Crippen molar-refractivity contribution in [1.29, 1.82) is 0 Å². The van der Waals surface area contributed by atoms with Gasteiger partial charge in [0.2, 0.25) is 5.91 Å². The lowest BCUT2D eigenvalue weighted by atomic mass is 9.93. The maximum atomic E-state index is 13.9. The highest BCUT2D eigenvalue weighted by Crippen LogP contribution is 2.36. The number of aryl methyl sites for hydroxylation is 1. The molecule has 0 spiro atoms. The first-order chi connectivity index (χ1) is 16.9. The standard InChI is InChI=1S/C27H26N4O3S/c1-18-9-11-19(12-10-18)16-28-26(33)27(2)17-30-23(15-22(29-30)24-8-5-13-35-24)25(32)31(27)20-6-4-7-21(14-20)34-3/h4-15H,16-17H2,1-3H3,(H,28,33)/t27-/m1/s1. The lowest BCUT2D eigenvalue weighted by Gasteiger charge is -2.43. The third-order valence-corrected chi connectivity index (χ3v) is 7.19. The van der Waals surface area contributed by atoms with Crippen LogP contribution in [0.5, 0.6) is 5.75 Å². The fourth-order valence-corrected chi connectivity index (χ4v) is 5.04. The van der Waals surface area contributed by atoms with Gasteiger partial charge in [-0.15, -0.1) is 11.3 Å². The molecule has 2 aromatic carbocycles. The second kappa shape index (κ2) is 9.03. The molecule has 178 valence electrons. The summed E-state index contributed by atoms with van der Waals surface area (Å²) in [6, 6.07) is 20.9. The predicted molar refractivity (Wildman–Crippen MR) is 137 cm³/mol. The summed E-state index contributed by atoms with van der Waals surface area (Å²) in [5, 5.41) is 9.70. The molecule has 2 amide bonds. The average Bonchev–Trinajstić information content (AvgIpc) is 3.54. The number of benzene rings is 2. The van der Waals surface area contributed by atoms with E-state index in [0.717, 1.165) is 21.7 Å². The Morgan fingerprint density at radius 3 is 2.66 bits per heavy atom. The van der Waals surface area contributed by atoms with Crippen molar-refractivity contribution < 1.29 is 14.3 Å². The van der Waals surface area contributed by atoms with Gasteiger partial charge in [-0.2, -0.15) is 5.10 Å². The summed E-state index contributed by atoms with van der Waals surface area (Å²) in [6.07, 6.45) is 0. The Labute approximate surface area is 208 Å². The van der Waals surface area contributed by atoms with Crippen LogP contribution in [0.25, 0.3) is 10.6 Å². The van der Waals surface area contributed by atoms with Crippen LogP contribution >= 0.6 is 11.3 Å². The van der Waals surface area contributed by atoms with E-state index in [0.29, 0.717) is 23.7 Å². The summed E-state index contributed by atoms with van der Waals surface area (Å²) in [5.41, 5.74) is 2.69. The van der Waals surface area contributed by atoms with E-state index in [1.165, 1.54) is 0 Å². The maximum absolute atomic E-state index is 13.9. The van der Waals surface area contributed by atoms with Gasteiger partial charge in [-0.1, -0.05) is 42.0 Å². The molecule has 0 radical (unpaired) electrons. The number of thiophene rings is 1. The topological polar surface area (TPSA) is 76.5 Å². The van der Waals surface area contributed by atoms with Gasteiger partial charge in [0.25, 0.3) is 5.91 Å². The van der Waals surface area contributed by atoms with Crippen LogP contribution in [0.3, 0.4) is 0 Å². The minimum Gasteiger partial charge on any atom is -0.497 e. The van der Waals surface area contributed by atoms with E-state index >= 15 is 0 Å². The monoisotopic (exact) mass is 486 g/mol. The van der Waals surface area contributed by atoms with Crippen LogP contribution < -0.4 is 15.0 Å². The highest BCUT2D eigenvalue weighted by atomic mass is 32.1. The lowest BCUT2D eigenvalue weighted by Crippen LogP contribution is -2.64. The first-order valence-corrected chi connectivity index (χ1v) is 12.2. The van der Waals surface area contributed by atoms with Gasteiger partial charge >= 0.3 is 0 Å². The van der Waals surface area contributed by atoms with Gasteiger partial charge in [-0.25, -0.2) is 0 Å². The van der Waals surface area contributed by atoms with E-state index in [9.17, 15) is 9.59 Å². The molecule has 0 aliphatic carbocycles. The zero-order valence-electron chi connectivity index (χ0n) is 19.8. The zero-order chi connectivity index (χ0) is 24.6. The van der Waals surface area contributed by atoms with E-state index in [2.05, 4.69) is 10.4 Å². The van der Waals surface area contributed by atoms with Gasteiger partial charge in [-0.3, -0.25) is 19.2 Å². The lowest BCUT2D eigenvalue weighted by molar-refractivity contribution is -0.126. The summed E-state index contributed by atoms with van der Waals surface area (Å²) in [7, 11) is 1.58. The van der Waals surface area contributed by atoms with E-state index < -0.39 is 5.54 Å². The van der Waals surface area contributed by atoms with E-state index in [1.54, 1.807) is 47.1 Å². The van der Waals surface area contributed by atoms with E-state index in [1.807, 2.05) is 66.9 Å². The molecule has 0 fully saturated rings. The molecule has 1 N–H and O–H groups in total. The molecule has 1 aliphatic rings. The van der Waals surface area contributed by atoms with Gasteiger partial charge < -0.3 is 10.1 Å². The summed E-state index contributed by atoms with van der Waals surface area (Å²) in [6.45, 7) is 4.39. The number of aromatic nitrogens is 2. The van der Waals surface area contributed by atoms with E-state index in [-0.39, 0.29) is 18.4 Å². The van der Waals surface area contributed by atoms with Crippen molar-refractivity contribution in [1.82, 2.24) is 15.1 Å².